The van der Waals surface area contributed by atoms with Crippen LogP contribution in [-0.4, -0.2) is 18.5 Å². The van der Waals surface area contributed by atoms with Crippen molar-refractivity contribution in [2.75, 3.05) is 6.61 Å². The Kier molecular flexibility index (Phi) is 5.96. The van der Waals surface area contributed by atoms with Gasteiger partial charge in [0.25, 0.3) is 0 Å². The Morgan fingerprint density at radius 3 is 2.89 bits per heavy atom. The molecule has 18 heavy (non-hydrogen) atoms. The highest BCUT2D eigenvalue weighted by Crippen LogP contribution is 2.40. The standard InChI is InChI=1S/C15H25IO2/c1-13-6-4-8-15(12-13,9-5-10-16)18-14-7-2-3-11-17-14/h5,10,13-14H,2-4,6-9,11-12H2,1H3/b10-5+. The lowest BCUT2D eigenvalue weighted by molar-refractivity contribution is -0.235. The first-order valence-corrected chi connectivity index (χ1v) is 8.53. The highest BCUT2D eigenvalue weighted by Gasteiger charge is 2.37. The third-order valence-electron chi connectivity index (χ3n) is 4.15. The van der Waals surface area contributed by atoms with Gasteiger partial charge in [0.2, 0.25) is 0 Å². The molecule has 2 aliphatic rings. The van der Waals surface area contributed by atoms with Crippen LogP contribution in [0.25, 0.3) is 0 Å². The molecule has 0 amide bonds. The molecule has 0 radical (unpaired) electrons. The van der Waals surface area contributed by atoms with Crippen molar-refractivity contribution >= 4 is 22.6 Å². The minimum absolute atomic E-state index is 0.0430. The van der Waals surface area contributed by atoms with Crippen LogP contribution in [0.3, 0.4) is 0 Å². The summed E-state index contributed by atoms with van der Waals surface area (Å²) >= 11 is 2.30. The lowest BCUT2D eigenvalue weighted by Crippen LogP contribution is -2.42. The van der Waals surface area contributed by atoms with E-state index in [9.17, 15) is 0 Å². The molecule has 1 saturated carbocycles. The maximum Gasteiger partial charge on any atom is 0.158 e. The van der Waals surface area contributed by atoms with E-state index in [0.717, 1.165) is 25.4 Å². The molecule has 0 aromatic carbocycles. The molecule has 0 aromatic rings. The molecule has 0 spiro atoms. The second-order valence-electron chi connectivity index (χ2n) is 5.86. The summed E-state index contributed by atoms with van der Waals surface area (Å²) < 4.78 is 14.3. The molecule has 2 fully saturated rings. The van der Waals surface area contributed by atoms with E-state index in [1.54, 1.807) is 0 Å². The molecule has 1 saturated heterocycles. The zero-order valence-electron chi connectivity index (χ0n) is 11.4. The molecule has 2 rings (SSSR count). The SMILES string of the molecule is CC1CCCC(C/C=C/I)(OC2CCCCO2)C1. The fourth-order valence-corrected chi connectivity index (χ4v) is 3.55. The van der Waals surface area contributed by atoms with Gasteiger partial charge < -0.3 is 9.47 Å². The van der Waals surface area contributed by atoms with Crippen LogP contribution in [0.1, 0.15) is 58.3 Å². The van der Waals surface area contributed by atoms with Gasteiger partial charge in [-0.05, 0) is 48.5 Å². The summed E-state index contributed by atoms with van der Waals surface area (Å²) in [6.07, 6.45) is 11.9. The largest absolute Gasteiger partial charge is 0.353 e. The predicted molar refractivity (Wildman–Crippen MR) is 82.8 cm³/mol. The van der Waals surface area contributed by atoms with E-state index in [2.05, 4.69) is 39.7 Å². The van der Waals surface area contributed by atoms with Crippen molar-refractivity contribution in [2.24, 2.45) is 5.92 Å². The summed E-state index contributed by atoms with van der Waals surface area (Å²) in [4.78, 5) is 0. The van der Waals surface area contributed by atoms with Crippen LogP contribution in [0.4, 0.5) is 0 Å². The van der Waals surface area contributed by atoms with E-state index in [-0.39, 0.29) is 11.9 Å². The summed E-state index contributed by atoms with van der Waals surface area (Å²) in [7, 11) is 0. The molecule has 1 aliphatic carbocycles. The van der Waals surface area contributed by atoms with Crippen LogP contribution >= 0.6 is 22.6 Å². The molecule has 2 nitrogen and oxygen atoms in total. The highest BCUT2D eigenvalue weighted by atomic mass is 127. The van der Waals surface area contributed by atoms with Gasteiger partial charge in [0.1, 0.15) is 0 Å². The third-order valence-corrected chi connectivity index (χ3v) is 4.66. The van der Waals surface area contributed by atoms with E-state index in [1.807, 2.05) is 0 Å². The fraction of sp³-hybridized carbons (Fsp3) is 0.867. The summed E-state index contributed by atoms with van der Waals surface area (Å²) in [6, 6.07) is 0. The monoisotopic (exact) mass is 364 g/mol. The Morgan fingerprint density at radius 1 is 1.33 bits per heavy atom. The van der Waals surface area contributed by atoms with Crippen molar-refractivity contribution in [1.29, 1.82) is 0 Å². The van der Waals surface area contributed by atoms with E-state index in [4.69, 9.17) is 9.47 Å². The Balaban J connectivity index is 1.98. The average molecular weight is 364 g/mol. The van der Waals surface area contributed by atoms with Crippen molar-refractivity contribution in [3.05, 3.63) is 10.2 Å². The Bertz CT molecular complexity index is 274. The van der Waals surface area contributed by atoms with Crippen molar-refractivity contribution in [2.45, 2.75) is 70.2 Å². The Hall–Kier alpha value is 0.390. The van der Waals surface area contributed by atoms with Gasteiger partial charge in [-0.3, -0.25) is 0 Å². The molecular weight excluding hydrogens is 339 g/mol. The van der Waals surface area contributed by atoms with Crippen molar-refractivity contribution in [3.63, 3.8) is 0 Å². The predicted octanol–water partition coefficient (Wildman–Crippen LogP) is 4.82. The molecule has 104 valence electrons. The van der Waals surface area contributed by atoms with Crippen LogP contribution in [0.15, 0.2) is 10.2 Å². The molecule has 3 unspecified atom stereocenters. The van der Waals surface area contributed by atoms with Crippen LogP contribution in [0.2, 0.25) is 0 Å². The number of halogens is 1. The van der Waals surface area contributed by atoms with Gasteiger partial charge in [-0.2, -0.15) is 0 Å². The maximum absolute atomic E-state index is 6.42. The van der Waals surface area contributed by atoms with Gasteiger partial charge in [0, 0.05) is 6.61 Å². The van der Waals surface area contributed by atoms with Gasteiger partial charge in [-0.25, -0.2) is 0 Å². The first-order valence-electron chi connectivity index (χ1n) is 7.29. The van der Waals surface area contributed by atoms with Gasteiger partial charge >= 0.3 is 0 Å². The number of ether oxygens (including phenoxy) is 2. The number of rotatable bonds is 4. The molecule has 0 N–H and O–H groups in total. The fourth-order valence-electron chi connectivity index (χ4n) is 3.29. The Labute approximate surface area is 125 Å². The first kappa shape index (κ1) is 14.8. The minimum Gasteiger partial charge on any atom is -0.353 e. The van der Waals surface area contributed by atoms with Crippen molar-refractivity contribution in [1.82, 2.24) is 0 Å². The van der Waals surface area contributed by atoms with E-state index in [1.165, 1.54) is 38.5 Å². The molecule has 3 atom stereocenters. The molecule has 1 heterocycles. The summed E-state index contributed by atoms with van der Waals surface area (Å²) in [6.45, 7) is 3.23. The second kappa shape index (κ2) is 7.25. The minimum atomic E-state index is 0.0430. The molecule has 1 aliphatic heterocycles. The third kappa shape index (κ3) is 4.20. The normalized spacial score (nSPS) is 38.1. The second-order valence-corrected chi connectivity index (χ2v) is 6.58. The molecule has 0 aromatic heterocycles. The highest BCUT2D eigenvalue weighted by molar-refractivity contribution is 14.1. The smallest absolute Gasteiger partial charge is 0.158 e. The van der Waals surface area contributed by atoms with Crippen LogP contribution in [0, 0.1) is 5.92 Å². The molecule has 3 heteroatoms. The maximum atomic E-state index is 6.42. The van der Waals surface area contributed by atoms with Crippen LogP contribution in [-0.2, 0) is 9.47 Å². The number of hydrogen-bond acceptors (Lipinski definition) is 2. The van der Waals surface area contributed by atoms with Crippen LogP contribution < -0.4 is 0 Å². The van der Waals surface area contributed by atoms with Crippen LogP contribution in [0.5, 0.6) is 0 Å². The van der Waals surface area contributed by atoms with Gasteiger partial charge in [-0.1, -0.05) is 48.4 Å². The van der Waals surface area contributed by atoms with Crippen molar-refractivity contribution in [3.8, 4) is 0 Å². The zero-order chi connectivity index (χ0) is 12.8. The number of hydrogen-bond donors (Lipinski definition) is 0. The van der Waals surface area contributed by atoms with Gasteiger partial charge in [0.15, 0.2) is 6.29 Å². The lowest BCUT2D eigenvalue weighted by atomic mass is 9.77. The van der Waals surface area contributed by atoms with Gasteiger partial charge in [-0.15, -0.1) is 0 Å². The van der Waals surface area contributed by atoms with E-state index >= 15 is 0 Å². The Morgan fingerprint density at radius 2 is 2.22 bits per heavy atom. The van der Waals surface area contributed by atoms with E-state index in [0.29, 0.717) is 0 Å². The van der Waals surface area contributed by atoms with E-state index < -0.39 is 0 Å². The summed E-state index contributed by atoms with van der Waals surface area (Å²) in [5, 5.41) is 0. The zero-order valence-corrected chi connectivity index (χ0v) is 13.5. The quantitative estimate of drug-likeness (QED) is 0.666. The lowest BCUT2D eigenvalue weighted by Gasteiger charge is -2.42. The summed E-state index contributed by atoms with van der Waals surface area (Å²) in [5.41, 5.74) is 0.0430. The summed E-state index contributed by atoms with van der Waals surface area (Å²) in [5.74, 6) is 0.782. The molecule has 0 bridgehead atoms. The topological polar surface area (TPSA) is 18.5 Å². The van der Waals surface area contributed by atoms with Crippen molar-refractivity contribution < 1.29 is 9.47 Å². The average Bonchev–Trinajstić information content (AvgIpc) is 2.38. The molecular formula is C15H25IO2. The first-order chi connectivity index (χ1) is 8.74. The van der Waals surface area contributed by atoms with Gasteiger partial charge in [0.05, 0.1) is 5.60 Å².